The second kappa shape index (κ2) is 6.22. The molecule has 24 heavy (non-hydrogen) atoms. The fourth-order valence-electron chi connectivity index (χ4n) is 4.28. The number of hydrogen-bond acceptors (Lipinski definition) is 3. The van der Waals surface area contributed by atoms with Crippen LogP contribution < -0.4 is 0 Å². The molecule has 2 amide bonds. The first kappa shape index (κ1) is 17.0. The predicted octanol–water partition coefficient (Wildman–Crippen LogP) is 1.89. The Morgan fingerprint density at radius 3 is 2.50 bits per heavy atom. The number of piperidine rings is 1. The molecule has 3 rings (SSSR count). The fourth-order valence-corrected chi connectivity index (χ4v) is 4.28. The van der Waals surface area contributed by atoms with E-state index in [-0.39, 0.29) is 24.4 Å². The lowest BCUT2D eigenvalue weighted by molar-refractivity contribution is -0.157. The molecule has 1 aromatic heterocycles. The van der Waals surface area contributed by atoms with E-state index in [1.807, 2.05) is 43.6 Å². The van der Waals surface area contributed by atoms with Crippen molar-refractivity contribution in [3.8, 4) is 0 Å². The van der Waals surface area contributed by atoms with Crippen molar-refractivity contribution in [1.82, 2.24) is 19.6 Å². The molecule has 1 aromatic rings. The number of hydrogen-bond donors (Lipinski definition) is 0. The molecule has 132 valence electrons. The molecule has 1 atom stereocenters. The molecule has 0 radical (unpaired) electrons. The molecule has 3 heterocycles. The molecule has 6 nitrogen and oxygen atoms in total. The van der Waals surface area contributed by atoms with E-state index in [4.69, 9.17) is 0 Å². The van der Waals surface area contributed by atoms with Gasteiger partial charge in [0.15, 0.2) is 0 Å². The minimum Gasteiger partial charge on any atom is -0.338 e. The van der Waals surface area contributed by atoms with Gasteiger partial charge < -0.3 is 9.80 Å². The number of carbonyl (C=O) groups is 2. The SMILES string of the molecule is Cc1cc(C)n(CC(=O)N2CCCC23CCCN(C(C)C)C3=O)n1. The van der Waals surface area contributed by atoms with Crippen LogP contribution in [0.2, 0.25) is 0 Å². The topological polar surface area (TPSA) is 58.4 Å². The quantitative estimate of drug-likeness (QED) is 0.849. The van der Waals surface area contributed by atoms with Gasteiger partial charge in [-0.2, -0.15) is 5.10 Å². The van der Waals surface area contributed by atoms with E-state index in [1.54, 1.807) is 4.68 Å². The largest absolute Gasteiger partial charge is 0.338 e. The molecule has 2 saturated heterocycles. The van der Waals surface area contributed by atoms with Gasteiger partial charge >= 0.3 is 0 Å². The van der Waals surface area contributed by atoms with Crippen molar-refractivity contribution in [2.45, 2.75) is 71.5 Å². The molecule has 0 bridgehead atoms. The smallest absolute Gasteiger partial charge is 0.248 e. The second-order valence-electron chi connectivity index (χ2n) is 7.46. The Kier molecular flexibility index (Phi) is 4.40. The summed E-state index contributed by atoms with van der Waals surface area (Å²) >= 11 is 0. The van der Waals surface area contributed by atoms with E-state index in [2.05, 4.69) is 5.10 Å². The lowest BCUT2D eigenvalue weighted by Crippen LogP contribution is -2.62. The minimum absolute atomic E-state index is 0.0117. The predicted molar refractivity (Wildman–Crippen MR) is 91.5 cm³/mol. The summed E-state index contributed by atoms with van der Waals surface area (Å²) in [6, 6.07) is 2.16. The van der Waals surface area contributed by atoms with E-state index >= 15 is 0 Å². The van der Waals surface area contributed by atoms with Gasteiger partial charge in [0.2, 0.25) is 11.8 Å². The summed E-state index contributed by atoms with van der Waals surface area (Å²) in [5, 5.41) is 4.39. The monoisotopic (exact) mass is 332 g/mol. The first-order chi connectivity index (χ1) is 11.3. The van der Waals surface area contributed by atoms with Crippen LogP contribution in [0.3, 0.4) is 0 Å². The lowest BCUT2D eigenvalue weighted by atomic mass is 9.84. The van der Waals surface area contributed by atoms with Crippen molar-refractivity contribution in [2.75, 3.05) is 13.1 Å². The van der Waals surface area contributed by atoms with Gasteiger partial charge in [-0.1, -0.05) is 0 Å². The van der Waals surface area contributed by atoms with Gasteiger partial charge in [-0.05, 0) is 59.4 Å². The Labute approximate surface area is 143 Å². The van der Waals surface area contributed by atoms with Crippen LogP contribution in [-0.4, -0.2) is 56.1 Å². The maximum atomic E-state index is 13.1. The van der Waals surface area contributed by atoms with E-state index in [1.165, 1.54) is 0 Å². The third-order valence-electron chi connectivity index (χ3n) is 5.45. The maximum Gasteiger partial charge on any atom is 0.248 e. The highest BCUT2D eigenvalue weighted by atomic mass is 16.2. The minimum atomic E-state index is -0.615. The fraction of sp³-hybridized carbons (Fsp3) is 0.722. The van der Waals surface area contributed by atoms with Crippen LogP contribution in [0.5, 0.6) is 0 Å². The summed E-state index contributed by atoms with van der Waals surface area (Å²) in [7, 11) is 0. The zero-order chi connectivity index (χ0) is 17.5. The zero-order valence-corrected chi connectivity index (χ0v) is 15.2. The van der Waals surface area contributed by atoms with Crippen molar-refractivity contribution in [3.63, 3.8) is 0 Å². The Hall–Kier alpha value is -1.85. The number of rotatable bonds is 3. The van der Waals surface area contributed by atoms with Gasteiger partial charge in [0, 0.05) is 24.8 Å². The number of aryl methyl sites for hydroxylation is 2. The Morgan fingerprint density at radius 1 is 1.25 bits per heavy atom. The van der Waals surface area contributed by atoms with Crippen molar-refractivity contribution >= 4 is 11.8 Å². The molecular formula is C18H28N4O2. The number of amides is 2. The molecule has 0 N–H and O–H groups in total. The van der Waals surface area contributed by atoms with Crippen LogP contribution >= 0.6 is 0 Å². The first-order valence-corrected chi connectivity index (χ1v) is 8.98. The Morgan fingerprint density at radius 2 is 1.92 bits per heavy atom. The van der Waals surface area contributed by atoms with E-state index < -0.39 is 5.54 Å². The third-order valence-corrected chi connectivity index (χ3v) is 5.45. The standard InChI is InChI=1S/C18H28N4O2/c1-13(2)20-9-5-7-18(17(20)24)8-6-10-21(18)16(23)12-22-15(4)11-14(3)19-22/h11,13H,5-10,12H2,1-4H3. The molecular weight excluding hydrogens is 304 g/mol. The van der Waals surface area contributed by atoms with Gasteiger partial charge in [0.25, 0.3) is 0 Å². The first-order valence-electron chi connectivity index (χ1n) is 8.98. The Balaban J connectivity index is 1.83. The van der Waals surface area contributed by atoms with E-state index in [0.717, 1.165) is 43.6 Å². The van der Waals surface area contributed by atoms with Crippen LogP contribution in [0, 0.1) is 13.8 Å². The summed E-state index contributed by atoms with van der Waals surface area (Å²) in [6.45, 7) is 9.68. The average molecular weight is 332 g/mol. The molecule has 1 unspecified atom stereocenters. The lowest BCUT2D eigenvalue weighted by Gasteiger charge is -2.46. The average Bonchev–Trinajstić information content (AvgIpc) is 3.06. The van der Waals surface area contributed by atoms with E-state index in [0.29, 0.717) is 6.54 Å². The van der Waals surface area contributed by atoms with Gasteiger partial charge in [-0.25, -0.2) is 0 Å². The molecule has 2 fully saturated rings. The van der Waals surface area contributed by atoms with Gasteiger partial charge in [0.1, 0.15) is 12.1 Å². The summed E-state index contributed by atoms with van der Waals surface area (Å²) in [4.78, 5) is 29.9. The summed E-state index contributed by atoms with van der Waals surface area (Å²) < 4.78 is 1.75. The number of likely N-dealkylation sites (tertiary alicyclic amines) is 2. The molecule has 0 saturated carbocycles. The normalized spacial score (nSPS) is 24.5. The molecule has 0 aromatic carbocycles. The van der Waals surface area contributed by atoms with Crippen LogP contribution in [0.1, 0.15) is 50.9 Å². The van der Waals surface area contributed by atoms with Crippen LogP contribution in [0.25, 0.3) is 0 Å². The van der Waals surface area contributed by atoms with Crippen molar-refractivity contribution in [1.29, 1.82) is 0 Å². The zero-order valence-electron chi connectivity index (χ0n) is 15.2. The second-order valence-corrected chi connectivity index (χ2v) is 7.46. The molecule has 1 spiro atoms. The highest BCUT2D eigenvalue weighted by Gasteiger charge is 2.52. The molecule has 0 aliphatic carbocycles. The summed E-state index contributed by atoms with van der Waals surface area (Å²) in [6.07, 6.45) is 3.45. The van der Waals surface area contributed by atoms with Gasteiger partial charge in [-0.3, -0.25) is 14.3 Å². The van der Waals surface area contributed by atoms with Crippen LogP contribution in [0.15, 0.2) is 6.07 Å². The molecule has 2 aliphatic rings. The van der Waals surface area contributed by atoms with Crippen molar-refractivity contribution in [3.05, 3.63) is 17.5 Å². The maximum absolute atomic E-state index is 13.1. The Bertz CT molecular complexity index is 651. The highest BCUT2D eigenvalue weighted by Crippen LogP contribution is 2.39. The van der Waals surface area contributed by atoms with Crippen LogP contribution in [-0.2, 0) is 16.1 Å². The number of aromatic nitrogens is 2. The third kappa shape index (κ3) is 2.72. The molecule has 2 aliphatic heterocycles. The summed E-state index contributed by atoms with van der Waals surface area (Å²) in [5.74, 6) is 0.153. The van der Waals surface area contributed by atoms with Crippen LogP contribution in [0.4, 0.5) is 0 Å². The highest BCUT2D eigenvalue weighted by molar-refractivity contribution is 5.92. The van der Waals surface area contributed by atoms with E-state index in [9.17, 15) is 9.59 Å². The van der Waals surface area contributed by atoms with Crippen molar-refractivity contribution in [2.24, 2.45) is 0 Å². The van der Waals surface area contributed by atoms with Gasteiger partial charge in [-0.15, -0.1) is 0 Å². The number of nitrogens with zero attached hydrogens (tertiary/aromatic N) is 4. The summed E-state index contributed by atoms with van der Waals surface area (Å²) in [5.41, 5.74) is 1.28. The molecule has 6 heteroatoms. The van der Waals surface area contributed by atoms with Gasteiger partial charge in [0.05, 0.1) is 5.69 Å². The number of carbonyl (C=O) groups excluding carboxylic acids is 2. The van der Waals surface area contributed by atoms with Crippen molar-refractivity contribution < 1.29 is 9.59 Å².